The van der Waals surface area contributed by atoms with E-state index >= 15 is 0 Å². The number of hydrogen-bond acceptors (Lipinski definition) is 5. The molecule has 0 unspecified atom stereocenters. The summed E-state index contributed by atoms with van der Waals surface area (Å²) in [6, 6.07) is 7.72. The number of rotatable bonds is 6. The van der Waals surface area contributed by atoms with Crippen LogP contribution < -0.4 is 11.1 Å². The molecule has 0 fully saturated rings. The molecule has 19 heavy (non-hydrogen) atoms. The van der Waals surface area contributed by atoms with E-state index in [9.17, 15) is 0 Å². The lowest BCUT2D eigenvalue weighted by Gasteiger charge is -2.30. The summed E-state index contributed by atoms with van der Waals surface area (Å²) in [4.78, 5) is 4.46. The molecule has 102 valence electrons. The van der Waals surface area contributed by atoms with Gasteiger partial charge in [-0.05, 0) is 36.9 Å². The van der Waals surface area contributed by atoms with Crippen LogP contribution in [0.15, 0.2) is 24.3 Å². The molecule has 0 aliphatic carbocycles. The highest BCUT2D eigenvalue weighted by molar-refractivity contribution is 5.73. The van der Waals surface area contributed by atoms with Gasteiger partial charge in [0.15, 0.2) is 0 Å². The lowest BCUT2D eigenvalue weighted by molar-refractivity contribution is 0.294. The molecule has 0 bridgehead atoms. The summed E-state index contributed by atoms with van der Waals surface area (Å²) >= 11 is 0. The van der Waals surface area contributed by atoms with E-state index in [2.05, 4.69) is 34.3 Å². The number of aromatic nitrogens is 3. The molecule has 0 saturated heterocycles. The van der Waals surface area contributed by atoms with Crippen molar-refractivity contribution >= 4 is 17.0 Å². The summed E-state index contributed by atoms with van der Waals surface area (Å²) in [6.45, 7) is 5.76. The Morgan fingerprint density at radius 2 is 1.79 bits per heavy atom. The predicted molar refractivity (Wildman–Crippen MR) is 77.9 cm³/mol. The van der Waals surface area contributed by atoms with Gasteiger partial charge in [-0.2, -0.15) is 0 Å². The molecular weight excluding hydrogens is 238 g/mol. The number of para-hydroxylation sites is 1. The van der Waals surface area contributed by atoms with E-state index in [1.165, 1.54) is 0 Å². The van der Waals surface area contributed by atoms with E-state index in [-0.39, 0.29) is 5.41 Å². The lowest BCUT2D eigenvalue weighted by atomic mass is 9.82. The van der Waals surface area contributed by atoms with E-state index < -0.39 is 0 Å². The van der Waals surface area contributed by atoms with Crippen molar-refractivity contribution in [3.8, 4) is 0 Å². The number of nitrogens with one attached hydrogen (secondary N) is 1. The second-order valence-corrected chi connectivity index (χ2v) is 4.89. The van der Waals surface area contributed by atoms with E-state index in [1.54, 1.807) is 0 Å². The molecule has 0 atom stereocenters. The van der Waals surface area contributed by atoms with Crippen molar-refractivity contribution in [1.29, 1.82) is 0 Å². The maximum atomic E-state index is 5.89. The highest BCUT2D eigenvalue weighted by Crippen LogP contribution is 2.24. The Kier molecular flexibility index (Phi) is 4.27. The molecule has 0 aliphatic heterocycles. The van der Waals surface area contributed by atoms with Gasteiger partial charge in [-0.15, -0.1) is 10.2 Å². The third-order valence-electron chi connectivity index (χ3n) is 3.92. The Morgan fingerprint density at radius 1 is 1.11 bits per heavy atom. The van der Waals surface area contributed by atoms with Gasteiger partial charge in [0, 0.05) is 6.54 Å². The average molecular weight is 259 g/mol. The quantitative estimate of drug-likeness (QED) is 0.831. The third kappa shape index (κ3) is 2.98. The molecule has 5 nitrogen and oxygen atoms in total. The second-order valence-electron chi connectivity index (χ2n) is 4.89. The number of fused-ring (bicyclic) bond motifs is 1. The van der Waals surface area contributed by atoms with Crippen molar-refractivity contribution in [2.24, 2.45) is 11.1 Å². The standard InChI is InChI=1S/C14H21N5/c1-3-14(4-2,9-15)10-16-13-17-11-7-5-6-8-12(11)18-19-13/h5-8H,3-4,9-10,15H2,1-2H3,(H,16,17,19). The summed E-state index contributed by atoms with van der Waals surface area (Å²) < 4.78 is 0. The Labute approximate surface area is 113 Å². The second kappa shape index (κ2) is 5.93. The minimum Gasteiger partial charge on any atom is -0.352 e. The summed E-state index contributed by atoms with van der Waals surface area (Å²) in [5.74, 6) is 0.568. The Bertz CT molecular complexity index is 528. The van der Waals surface area contributed by atoms with E-state index in [1.807, 2.05) is 24.3 Å². The molecule has 1 aromatic heterocycles. The fraction of sp³-hybridized carbons (Fsp3) is 0.500. The maximum Gasteiger partial charge on any atom is 0.243 e. The maximum absolute atomic E-state index is 5.89. The molecule has 1 heterocycles. The first-order valence-electron chi connectivity index (χ1n) is 6.76. The number of anilines is 1. The number of nitrogens with two attached hydrogens (primary N) is 1. The normalized spacial score (nSPS) is 11.7. The smallest absolute Gasteiger partial charge is 0.243 e. The van der Waals surface area contributed by atoms with Crippen LogP contribution in [-0.2, 0) is 0 Å². The summed E-state index contributed by atoms with van der Waals surface area (Å²) in [5, 5.41) is 11.5. The van der Waals surface area contributed by atoms with E-state index in [0.29, 0.717) is 12.5 Å². The fourth-order valence-corrected chi connectivity index (χ4v) is 2.08. The number of benzene rings is 1. The van der Waals surface area contributed by atoms with Gasteiger partial charge in [-0.1, -0.05) is 26.0 Å². The van der Waals surface area contributed by atoms with Gasteiger partial charge in [-0.25, -0.2) is 4.98 Å². The van der Waals surface area contributed by atoms with Gasteiger partial charge in [0.1, 0.15) is 5.52 Å². The molecule has 0 spiro atoms. The van der Waals surface area contributed by atoms with Crippen LogP contribution in [0.1, 0.15) is 26.7 Å². The Hall–Kier alpha value is -1.75. The fourth-order valence-electron chi connectivity index (χ4n) is 2.08. The molecule has 2 rings (SSSR count). The van der Waals surface area contributed by atoms with Crippen LogP contribution in [0.3, 0.4) is 0 Å². The summed E-state index contributed by atoms with van der Waals surface area (Å²) in [6.07, 6.45) is 2.07. The van der Waals surface area contributed by atoms with E-state index in [4.69, 9.17) is 5.73 Å². The van der Waals surface area contributed by atoms with Gasteiger partial charge in [0.05, 0.1) is 5.52 Å². The van der Waals surface area contributed by atoms with Crippen LogP contribution in [0.2, 0.25) is 0 Å². The van der Waals surface area contributed by atoms with Gasteiger partial charge in [-0.3, -0.25) is 0 Å². The molecule has 0 radical (unpaired) electrons. The lowest BCUT2D eigenvalue weighted by Crippen LogP contribution is -2.36. The van der Waals surface area contributed by atoms with Crippen molar-refractivity contribution in [3.63, 3.8) is 0 Å². The van der Waals surface area contributed by atoms with Crippen LogP contribution >= 0.6 is 0 Å². The zero-order valence-corrected chi connectivity index (χ0v) is 11.6. The number of hydrogen-bond donors (Lipinski definition) is 2. The largest absolute Gasteiger partial charge is 0.352 e. The molecule has 0 aliphatic rings. The molecule has 5 heteroatoms. The first-order valence-corrected chi connectivity index (χ1v) is 6.76. The van der Waals surface area contributed by atoms with Gasteiger partial charge < -0.3 is 11.1 Å². The van der Waals surface area contributed by atoms with Crippen molar-refractivity contribution in [3.05, 3.63) is 24.3 Å². The molecule has 0 amide bonds. The molecular formula is C14H21N5. The van der Waals surface area contributed by atoms with Crippen LogP contribution in [0.5, 0.6) is 0 Å². The van der Waals surface area contributed by atoms with Gasteiger partial charge in [0.25, 0.3) is 0 Å². The average Bonchev–Trinajstić information content (AvgIpc) is 2.49. The Morgan fingerprint density at radius 3 is 2.42 bits per heavy atom. The monoisotopic (exact) mass is 259 g/mol. The topological polar surface area (TPSA) is 76.7 Å². The highest BCUT2D eigenvalue weighted by atomic mass is 15.2. The molecule has 2 aromatic rings. The minimum absolute atomic E-state index is 0.106. The first-order chi connectivity index (χ1) is 9.23. The van der Waals surface area contributed by atoms with Crippen LogP contribution in [0.4, 0.5) is 5.95 Å². The van der Waals surface area contributed by atoms with Crippen molar-refractivity contribution in [2.75, 3.05) is 18.4 Å². The van der Waals surface area contributed by atoms with Crippen LogP contribution in [-0.4, -0.2) is 28.3 Å². The first kappa shape index (κ1) is 13.7. The van der Waals surface area contributed by atoms with Crippen molar-refractivity contribution in [2.45, 2.75) is 26.7 Å². The zero-order valence-electron chi connectivity index (χ0n) is 11.6. The predicted octanol–water partition coefficient (Wildman–Crippen LogP) is 2.20. The van der Waals surface area contributed by atoms with Crippen LogP contribution in [0.25, 0.3) is 11.0 Å². The van der Waals surface area contributed by atoms with Crippen molar-refractivity contribution in [1.82, 2.24) is 15.2 Å². The SMILES string of the molecule is CCC(CC)(CN)CNc1nnc2ccccc2n1. The molecule has 1 aromatic carbocycles. The summed E-state index contributed by atoms with van der Waals surface area (Å²) in [7, 11) is 0. The number of nitrogens with zero attached hydrogens (tertiary/aromatic N) is 3. The molecule has 0 saturated carbocycles. The molecule has 3 N–H and O–H groups in total. The van der Waals surface area contributed by atoms with Crippen molar-refractivity contribution < 1.29 is 0 Å². The van der Waals surface area contributed by atoms with Gasteiger partial charge in [0.2, 0.25) is 5.95 Å². The van der Waals surface area contributed by atoms with Gasteiger partial charge >= 0.3 is 0 Å². The highest BCUT2D eigenvalue weighted by Gasteiger charge is 2.24. The third-order valence-corrected chi connectivity index (χ3v) is 3.92. The Balaban J connectivity index is 2.13. The summed E-state index contributed by atoms with van der Waals surface area (Å²) in [5.41, 5.74) is 7.66. The van der Waals surface area contributed by atoms with E-state index in [0.717, 1.165) is 30.4 Å². The minimum atomic E-state index is 0.106. The van der Waals surface area contributed by atoms with Crippen LogP contribution in [0, 0.1) is 5.41 Å². The zero-order chi connectivity index (χ0) is 13.7.